The van der Waals surface area contributed by atoms with E-state index in [-0.39, 0.29) is 5.69 Å². The van der Waals surface area contributed by atoms with Crippen LogP contribution in [0.25, 0.3) is 11.1 Å². The van der Waals surface area contributed by atoms with Gasteiger partial charge in [0.15, 0.2) is 0 Å². The second-order valence-electron chi connectivity index (χ2n) is 4.03. The van der Waals surface area contributed by atoms with E-state index in [9.17, 15) is 8.78 Å². The molecule has 0 spiro atoms. The summed E-state index contributed by atoms with van der Waals surface area (Å²) in [5.41, 5.74) is 7.04. The van der Waals surface area contributed by atoms with Crippen molar-refractivity contribution >= 4 is 5.69 Å². The van der Waals surface area contributed by atoms with Crippen molar-refractivity contribution in [1.82, 2.24) is 0 Å². The van der Waals surface area contributed by atoms with Gasteiger partial charge in [-0.15, -0.1) is 0 Å². The predicted molar refractivity (Wildman–Crippen MR) is 67.5 cm³/mol. The Hall–Kier alpha value is -2.10. The summed E-state index contributed by atoms with van der Waals surface area (Å²) in [7, 11) is 1.50. The van der Waals surface area contributed by atoms with Crippen LogP contribution in [0.5, 0.6) is 5.75 Å². The highest BCUT2D eigenvalue weighted by Crippen LogP contribution is 2.31. The predicted octanol–water partition coefficient (Wildman–Crippen LogP) is 3.53. The third-order valence-electron chi connectivity index (χ3n) is 2.81. The minimum Gasteiger partial charge on any atom is -0.497 e. The maximum atomic E-state index is 13.8. The lowest BCUT2D eigenvalue weighted by atomic mass is 9.99. The van der Waals surface area contributed by atoms with E-state index in [1.165, 1.54) is 31.4 Å². The van der Waals surface area contributed by atoms with Crippen LogP contribution in [0.4, 0.5) is 14.5 Å². The molecule has 0 fully saturated rings. The van der Waals surface area contributed by atoms with Crippen molar-refractivity contribution in [3.8, 4) is 16.9 Å². The fourth-order valence-electron chi connectivity index (χ4n) is 1.82. The van der Waals surface area contributed by atoms with E-state index in [0.717, 1.165) is 0 Å². The Labute approximate surface area is 104 Å². The topological polar surface area (TPSA) is 35.2 Å². The van der Waals surface area contributed by atoms with Crippen molar-refractivity contribution < 1.29 is 13.5 Å². The fourth-order valence-corrected chi connectivity index (χ4v) is 1.82. The molecule has 0 radical (unpaired) electrons. The van der Waals surface area contributed by atoms with E-state index in [1.54, 1.807) is 13.0 Å². The van der Waals surface area contributed by atoms with E-state index in [4.69, 9.17) is 10.5 Å². The van der Waals surface area contributed by atoms with Gasteiger partial charge in [-0.25, -0.2) is 8.78 Å². The van der Waals surface area contributed by atoms with E-state index in [2.05, 4.69) is 0 Å². The van der Waals surface area contributed by atoms with Crippen LogP contribution in [0.1, 0.15) is 5.56 Å². The van der Waals surface area contributed by atoms with Gasteiger partial charge in [-0.1, -0.05) is 0 Å². The normalized spacial score (nSPS) is 10.4. The molecule has 0 aliphatic carbocycles. The molecule has 0 bridgehead atoms. The van der Waals surface area contributed by atoms with Gasteiger partial charge in [0.25, 0.3) is 0 Å². The van der Waals surface area contributed by atoms with Crippen molar-refractivity contribution in [3.05, 3.63) is 47.5 Å². The Morgan fingerprint density at radius 2 is 1.72 bits per heavy atom. The zero-order chi connectivity index (χ0) is 13.3. The van der Waals surface area contributed by atoms with Crippen LogP contribution < -0.4 is 10.5 Å². The Morgan fingerprint density at radius 3 is 2.39 bits per heavy atom. The van der Waals surface area contributed by atoms with Crippen LogP contribution in [-0.4, -0.2) is 7.11 Å². The lowest BCUT2D eigenvalue weighted by Gasteiger charge is -2.10. The second-order valence-corrected chi connectivity index (χ2v) is 4.03. The third kappa shape index (κ3) is 2.14. The third-order valence-corrected chi connectivity index (χ3v) is 2.81. The molecule has 0 amide bonds. The van der Waals surface area contributed by atoms with Crippen molar-refractivity contribution in [2.75, 3.05) is 12.8 Å². The summed E-state index contributed by atoms with van der Waals surface area (Å²) >= 11 is 0. The number of hydrogen-bond acceptors (Lipinski definition) is 2. The molecular formula is C14H13F2NO. The zero-order valence-electron chi connectivity index (χ0n) is 10.1. The van der Waals surface area contributed by atoms with Gasteiger partial charge in [-0.3, -0.25) is 0 Å². The first-order valence-corrected chi connectivity index (χ1v) is 5.42. The van der Waals surface area contributed by atoms with Gasteiger partial charge >= 0.3 is 0 Å². The molecule has 0 aromatic heterocycles. The van der Waals surface area contributed by atoms with Gasteiger partial charge in [0, 0.05) is 5.56 Å². The Balaban J connectivity index is 2.64. The number of halogens is 2. The maximum Gasteiger partial charge on any atom is 0.146 e. The minimum absolute atomic E-state index is 0.00202. The van der Waals surface area contributed by atoms with Crippen LogP contribution in [0.15, 0.2) is 30.3 Å². The highest BCUT2D eigenvalue weighted by molar-refractivity contribution is 5.72. The molecule has 0 atom stereocenters. The Morgan fingerprint density at radius 1 is 1.00 bits per heavy atom. The first-order chi connectivity index (χ1) is 8.52. The van der Waals surface area contributed by atoms with Gasteiger partial charge < -0.3 is 10.5 Å². The molecule has 0 saturated carbocycles. The minimum atomic E-state index is -0.500. The average molecular weight is 249 g/mol. The summed E-state index contributed by atoms with van der Waals surface area (Å²) in [4.78, 5) is 0. The van der Waals surface area contributed by atoms with Crippen molar-refractivity contribution in [1.29, 1.82) is 0 Å². The molecule has 2 aromatic rings. The number of hydrogen-bond donors (Lipinski definition) is 1. The van der Waals surface area contributed by atoms with Crippen molar-refractivity contribution in [2.45, 2.75) is 6.92 Å². The molecule has 2 rings (SSSR count). The number of nitrogens with two attached hydrogens (primary N) is 1. The van der Waals surface area contributed by atoms with Gasteiger partial charge in [-0.2, -0.15) is 0 Å². The van der Waals surface area contributed by atoms with Gasteiger partial charge in [-0.05, 0) is 48.4 Å². The van der Waals surface area contributed by atoms with Gasteiger partial charge in [0.1, 0.15) is 17.4 Å². The molecule has 2 nitrogen and oxygen atoms in total. The number of anilines is 1. The molecule has 0 aliphatic heterocycles. The quantitative estimate of drug-likeness (QED) is 0.826. The summed E-state index contributed by atoms with van der Waals surface area (Å²) < 4.78 is 32.1. The fraction of sp³-hybridized carbons (Fsp3) is 0.143. The summed E-state index contributed by atoms with van der Waals surface area (Å²) in [5, 5.41) is 0. The monoisotopic (exact) mass is 249 g/mol. The number of rotatable bonds is 2. The van der Waals surface area contributed by atoms with Crippen LogP contribution in [0, 0.1) is 18.6 Å². The van der Waals surface area contributed by atoms with E-state index in [1.807, 2.05) is 0 Å². The van der Waals surface area contributed by atoms with Crippen LogP contribution in [0.3, 0.4) is 0 Å². The second kappa shape index (κ2) is 4.64. The molecular weight excluding hydrogens is 236 g/mol. The van der Waals surface area contributed by atoms with Crippen molar-refractivity contribution in [3.63, 3.8) is 0 Å². The lowest BCUT2D eigenvalue weighted by Crippen LogP contribution is -1.96. The summed E-state index contributed by atoms with van der Waals surface area (Å²) in [5.74, 6) is -0.363. The molecule has 94 valence electrons. The van der Waals surface area contributed by atoms with E-state index < -0.39 is 11.6 Å². The number of nitrogen functional groups attached to an aromatic ring is 1. The Bertz CT molecular complexity index is 597. The van der Waals surface area contributed by atoms with Crippen molar-refractivity contribution in [2.24, 2.45) is 0 Å². The lowest BCUT2D eigenvalue weighted by molar-refractivity contribution is 0.414. The van der Waals surface area contributed by atoms with Gasteiger partial charge in [0.05, 0.1) is 12.8 Å². The molecule has 0 unspecified atom stereocenters. The van der Waals surface area contributed by atoms with Gasteiger partial charge in [0.2, 0.25) is 0 Å². The van der Waals surface area contributed by atoms with Crippen LogP contribution in [0.2, 0.25) is 0 Å². The summed E-state index contributed by atoms with van der Waals surface area (Å²) in [6.45, 7) is 1.71. The molecule has 2 N–H and O–H groups in total. The molecule has 0 aliphatic rings. The first kappa shape index (κ1) is 12.4. The zero-order valence-corrected chi connectivity index (χ0v) is 10.1. The van der Waals surface area contributed by atoms with Crippen LogP contribution >= 0.6 is 0 Å². The number of aryl methyl sites for hydroxylation is 1. The number of benzene rings is 2. The maximum absolute atomic E-state index is 13.8. The Kier molecular flexibility index (Phi) is 3.19. The molecule has 18 heavy (non-hydrogen) atoms. The first-order valence-electron chi connectivity index (χ1n) is 5.42. The number of ether oxygens (including phenoxy) is 1. The molecule has 0 saturated heterocycles. The summed E-state index contributed by atoms with van der Waals surface area (Å²) in [6.07, 6.45) is 0. The highest BCUT2D eigenvalue weighted by Gasteiger charge is 2.12. The molecule has 2 aromatic carbocycles. The van der Waals surface area contributed by atoms with Crippen LogP contribution in [-0.2, 0) is 0 Å². The average Bonchev–Trinajstić information content (AvgIpc) is 2.35. The number of methoxy groups -OCH3 is 1. The summed E-state index contributed by atoms with van der Waals surface area (Å²) in [6, 6.07) is 7.13. The standard InChI is InChI=1S/C14H13F2NO/c1-8-5-13(16)14(17)7-10(8)11-6-9(18-2)3-4-12(11)15/h3-7H,17H2,1-2H3. The molecule has 0 heterocycles. The highest BCUT2D eigenvalue weighted by atomic mass is 19.1. The molecule has 4 heteroatoms. The van der Waals surface area contributed by atoms with E-state index >= 15 is 0 Å². The largest absolute Gasteiger partial charge is 0.497 e. The smallest absolute Gasteiger partial charge is 0.146 e. The van der Waals surface area contributed by atoms with E-state index in [0.29, 0.717) is 22.4 Å². The SMILES string of the molecule is COc1ccc(F)c(-c2cc(N)c(F)cc2C)c1.